The van der Waals surface area contributed by atoms with Gasteiger partial charge in [0.2, 0.25) is 0 Å². The third kappa shape index (κ3) is 2.94. The number of nitrogens with two attached hydrogens (primary N) is 1. The molecule has 2 rings (SSSR count). The predicted octanol–water partition coefficient (Wildman–Crippen LogP) is 1.55. The molecule has 1 unspecified atom stereocenters. The molecule has 2 N–H and O–H groups in total. The van der Waals surface area contributed by atoms with Gasteiger partial charge in [0.05, 0.1) is 28.7 Å². The Labute approximate surface area is 114 Å². The molecular formula is C11H13ClFN3O3. The van der Waals surface area contributed by atoms with Crippen LogP contribution in [0.15, 0.2) is 12.1 Å². The number of rotatable bonds is 3. The second-order valence-electron chi connectivity index (χ2n) is 4.19. The summed E-state index contributed by atoms with van der Waals surface area (Å²) in [4.78, 5) is 12.1. The molecule has 1 fully saturated rings. The number of benzene rings is 1. The first-order valence-corrected chi connectivity index (χ1v) is 6.10. The van der Waals surface area contributed by atoms with E-state index in [-0.39, 0.29) is 22.5 Å². The molecule has 0 aliphatic carbocycles. The maximum Gasteiger partial charge on any atom is 0.295 e. The molecule has 19 heavy (non-hydrogen) atoms. The quantitative estimate of drug-likeness (QED) is 0.674. The number of ether oxygens (including phenoxy) is 1. The summed E-state index contributed by atoms with van der Waals surface area (Å²) in [5, 5.41) is 10.8. The van der Waals surface area contributed by atoms with Crippen LogP contribution < -0.4 is 10.6 Å². The van der Waals surface area contributed by atoms with Crippen molar-refractivity contribution in [2.75, 3.05) is 31.1 Å². The summed E-state index contributed by atoms with van der Waals surface area (Å²) in [5.41, 5.74) is 5.51. The molecule has 1 aromatic rings. The molecule has 6 nitrogen and oxygen atoms in total. The number of nitrogens with zero attached hydrogens (tertiary/aromatic N) is 2. The number of hydrogen-bond donors (Lipinski definition) is 1. The second kappa shape index (κ2) is 5.68. The van der Waals surface area contributed by atoms with E-state index in [1.54, 1.807) is 4.90 Å². The lowest BCUT2D eigenvalue weighted by Crippen LogP contribution is -2.45. The van der Waals surface area contributed by atoms with Crippen LogP contribution in [0.1, 0.15) is 0 Å². The average molecular weight is 290 g/mol. The number of anilines is 1. The minimum Gasteiger partial charge on any atom is -0.373 e. The lowest BCUT2D eigenvalue weighted by atomic mass is 10.2. The van der Waals surface area contributed by atoms with Crippen LogP contribution in [-0.2, 0) is 4.74 Å². The average Bonchev–Trinajstić information content (AvgIpc) is 2.41. The highest BCUT2D eigenvalue weighted by Crippen LogP contribution is 2.34. The Bertz CT molecular complexity index is 500. The molecule has 104 valence electrons. The number of nitro groups is 1. The van der Waals surface area contributed by atoms with Crippen molar-refractivity contribution < 1.29 is 14.1 Å². The van der Waals surface area contributed by atoms with Gasteiger partial charge >= 0.3 is 0 Å². The van der Waals surface area contributed by atoms with Gasteiger partial charge in [-0.15, -0.1) is 0 Å². The molecule has 1 heterocycles. The topological polar surface area (TPSA) is 81.6 Å². The molecule has 1 aromatic carbocycles. The van der Waals surface area contributed by atoms with Gasteiger partial charge in [0.25, 0.3) is 5.69 Å². The fourth-order valence-corrected chi connectivity index (χ4v) is 2.16. The molecule has 0 amide bonds. The molecule has 0 radical (unpaired) electrons. The van der Waals surface area contributed by atoms with Crippen LogP contribution in [0.25, 0.3) is 0 Å². The van der Waals surface area contributed by atoms with E-state index in [1.807, 2.05) is 0 Å². The first kappa shape index (κ1) is 14.0. The number of morpholine rings is 1. The van der Waals surface area contributed by atoms with Crippen LogP contribution in [0.5, 0.6) is 0 Å². The van der Waals surface area contributed by atoms with E-state index >= 15 is 0 Å². The van der Waals surface area contributed by atoms with Crippen LogP contribution >= 0.6 is 11.6 Å². The largest absolute Gasteiger partial charge is 0.373 e. The normalized spacial score (nSPS) is 19.5. The van der Waals surface area contributed by atoms with E-state index in [4.69, 9.17) is 22.1 Å². The Morgan fingerprint density at radius 1 is 1.63 bits per heavy atom. The molecule has 1 aliphatic rings. The minimum atomic E-state index is -0.805. The minimum absolute atomic E-state index is 0.142. The van der Waals surface area contributed by atoms with Crippen molar-refractivity contribution in [3.63, 3.8) is 0 Å². The lowest BCUT2D eigenvalue weighted by Gasteiger charge is -2.33. The fourth-order valence-electron chi connectivity index (χ4n) is 2.01. The highest BCUT2D eigenvalue weighted by atomic mass is 35.5. The third-order valence-electron chi connectivity index (χ3n) is 2.96. The van der Waals surface area contributed by atoms with Crippen molar-refractivity contribution >= 4 is 23.0 Å². The van der Waals surface area contributed by atoms with Gasteiger partial charge in [-0.25, -0.2) is 4.39 Å². The van der Waals surface area contributed by atoms with Gasteiger partial charge < -0.3 is 15.4 Å². The summed E-state index contributed by atoms with van der Waals surface area (Å²) < 4.78 is 18.7. The first-order chi connectivity index (χ1) is 9.02. The molecule has 0 bridgehead atoms. The van der Waals surface area contributed by atoms with E-state index < -0.39 is 10.7 Å². The van der Waals surface area contributed by atoms with Crippen molar-refractivity contribution in [1.29, 1.82) is 0 Å². The zero-order chi connectivity index (χ0) is 14.0. The SMILES string of the molecule is NCC1CN(c2cc(Cl)c(F)cc2[N+](=O)[O-])CCO1. The second-order valence-corrected chi connectivity index (χ2v) is 4.59. The fraction of sp³-hybridized carbons (Fsp3) is 0.455. The standard InChI is InChI=1S/C11H13ClFN3O3/c12-8-3-10(11(16(17)18)4-9(8)13)15-1-2-19-7(5-14)6-15/h3-4,7H,1-2,5-6,14H2. The Hall–Kier alpha value is -1.44. The third-order valence-corrected chi connectivity index (χ3v) is 3.25. The molecule has 1 saturated heterocycles. The highest BCUT2D eigenvalue weighted by molar-refractivity contribution is 6.31. The molecule has 0 aromatic heterocycles. The van der Waals surface area contributed by atoms with E-state index in [2.05, 4.69) is 0 Å². The first-order valence-electron chi connectivity index (χ1n) is 5.73. The van der Waals surface area contributed by atoms with Crippen LogP contribution in [0, 0.1) is 15.9 Å². The zero-order valence-corrected chi connectivity index (χ0v) is 10.8. The lowest BCUT2D eigenvalue weighted by molar-refractivity contribution is -0.384. The smallest absolute Gasteiger partial charge is 0.295 e. The zero-order valence-electron chi connectivity index (χ0n) is 10.0. The Morgan fingerprint density at radius 2 is 2.37 bits per heavy atom. The Morgan fingerprint density at radius 3 is 3.00 bits per heavy atom. The van der Waals surface area contributed by atoms with Crippen molar-refractivity contribution in [2.24, 2.45) is 5.73 Å². The van der Waals surface area contributed by atoms with Crippen molar-refractivity contribution in [1.82, 2.24) is 0 Å². The van der Waals surface area contributed by atoms with Crippen LogP contribution in [0.4, 0.5) is 15.8 Å². The van der Waals surface area contributed by atoms with E-state index in [1.165, 1.54) is 6.07 Å². The molecule has 1 aliphatic heterocycles. The molecule has 0 spiro atoms. The van der Waals surface area contributed by atoms with Crippen molar-refractivity contribution in [2.45, 2.75) is 6.10 Å². The van der Waals surface area contributed by atoms with Gasteiger partial charge in [0, 0.05) is 19.6 Å². The van der Waals surface area contributed by atoms with Gasteiger partial charge in [0.1, 0.15) is 11.5 Å². The summed E-state index contributed by atoms with van der Waals surface area (Å²) in [6.07, 6.45) is -0.197. The van der Waals surface area contributed by atoms with Crippen LogP contribution in [-0.4, -0.2) is 37.3 Å². The van der Waals surface area contributed by atoms with Gasteiger partial charge in [-0.1, -0.05) is 11.6 Å². The molecule has 8 heteroatoms. The Kier molecular flexibility index (Phi) is 4.18. The van der Waals surface area contributed by atoms with E-state index in [0.29, 0.717) is 26.2 Å². The molecule has 0 saturated carbocycles. The Balaban J connectivity index is 2.37. The van der Waals surface area contributed by atoms with Crippen molar-refractivity contribution in [3.8, 4) is 0 Å². The number of hydrogen-bond acceptors (Lipinski definition) is 5. The predicted molar refractivity (Wildman–Crippen MR) is 69.1 cm³/mol. The van der Waals surface area contributed by atoms with E-state index in [9.17, 15) is 14.5 Å². The van der Waals surface area contributed by atoms with Gasteiger partial charge in [-0.2, -0.15) is 0 Å². The van der Waals surface area contributed by atoms with Gasteiger partial charge in [-0.3, -0.25) is 10.1 Å². The summed E-state index contributed by atoms with van der Waals surface area (Å²) in [7, 11) is 0. The van der Waals surface area contributed by atoms with E-state index in [0.717, 1.165) is 6.07 Å². The summed E-state index contributed by atoms with van der Waals surface area (Å²) in [6, 6.07) is 2.11. The summed E-state index contributed by atoms with van der Waals surface area (Å²) in [5.74, 6) is -0.805. The van der Waals surface area contributed by atoms with Gasteiger partial charge in [-0.05, 0) is 6.07 Å². The maximum atomic E-state index is 13.3. The van der Waals surface area contributed by atoms with Crippen molar-refractivity contribution in [3.05, 3.63) is 33.1 Å². The molecule has 1 atom stereocenters. The summed E-state index contributed by atoms with van der Waals surface area (Å²) >= 11 is 5.70. The highest BCUT2D eigenvalue weighted by Gasteiger charge is 2.27. The molecular weight excluding hydrogens is 277 g/mol. The maximum absolute atomic E-state index is 13.3. The summed E-state index contributed by atoms with van der Waals surface area (Å²) in [6.45, 7) is 1.62. The van der Waals surface area contributed by atoms with Crippen LogP contribution in [0.3, 0.4) is 0 Å². The number of halogens is 2. The van der Waals surface area contributed by atoms with Gasteiger partial charge in [0.15, 0.2) is 0 Å². The monoisotopic (exact) mass is 289 g/mol. The van der Waals surface area contributed by atoms with Crippen LogP contribution in [0.2, 0.25) is 5.02 Å². The number of nitro benzene ring substituents is 1.